The average Bonchev–Trinajstić information content (AvgIpc) is 3.59. The van der Waals surface area contributed by atoms with Crippen molar-refractivity contribution in [3.8, 4) is 28.8 Å². The van der Waals surface area contributed by atoms with Crippen LogP contribution in [0.4, 0.5) is 19.0 Å². The molecule has 5 rings (SSSR count). The van der Waals surface area contributed by atoms with E-state index in [9.17, 15) is 18.8 Å². The smallest absolute Gasteiger partial charge is 0.264 e. The van der Waals surface area contributed by atoms with E-state index in [2.05, 4.69) is 26.5 Å². The van der Waals surface area contributed by atoms with Crippen molar-refractivity contribution in [1.29, 1.82) is 5.26 Å². The van der Waals surface area contributed by atoms with Crippen molar-refractivity contribution in [1.82, 2.24) is 30.0 Å². The number of nitrogens with two attached hydrogens (primary N) is 1. The molecule has 3 N–H and O–H groups in total. The van der Waals surface area contributed by atoms with E-state index in [1.165, 1.54) is 30.6 Å². The highest BCUT2D eigenvalue weighted by Crippen LogP contribution is 2.35. The number of nitriles is 1. The lowest BCUT2D eigenvalue weighted by Gasteiger charge is -2.26. The number of ether oxygens (including phenoxy) is 1. The predicted molar refractivity (Wildman–Crippen MR) is 158 cm³/mol. The maximum atomic E-state index is 15.5. The summed E-state index contributed by atoms with van der Waals surface area (Å²) in [5, 5.41) is 18.0. The first-order valence-corrected chi connectivity index (χ1v) is 14.1. The van der Waals surface area contributed by atoms with E-state index in [0.29, 0.717) is 30.5 Å². The SMILES string of the molecule is CCNC(C)(C)/C=C(/C#N)C(=O)N1CCC[C@@H]1Cn1nc(-c2ccc(Oc3cccc(F)c3F)cc2F)c2c(N)ncnc21. The number of halogens is 3. The van der Waals surface area contributed by atoms with Gasteiger partial charge in [0.25, 0.3) is 5.91 Å². The number of nitrogens with one attached hydrogen (secondary N) is 1. The lowest BCUT2D eigenvalue weighted by atomic mass is 10.0. The first-order chi connectivity index (χ1) is 21.0. The van der Waals surface area contributed by atoms with Crippen LogP contribution in [-0.2, 0) is 11.3 Å². The second-order valence-corrected chi connectivity index (χ2v) is 11.0. The molecule has 2 aromatic heterocycles. The summed E-state index contributed by atoms with van der Waals surface area (Å²) < 4.78 is 50.1. The predicted octanol–water partition coefficient (Wildman–Crippen LogP) is 5.11. The highest BCUT2D eigenvalue weighted by molar-refractivity contribution is 5.99. The lowest BCUT2D eigenvalue weighted by Crippen LogP contribution is -2.41. The van der Waals surface area contributed by atoms with Gasteiger partial charge >= 0.3 is 0 Å². The highest BCUT2D eigenvalue weighted by Gasteiger charge is 2.33. The Morgan fingerprint density at radius 2 is 2.02 bits per heavy atom. The largest absolute Gasteiger partial charge is 0.454 e. The van der Waals surface area contributed by atoms with Crippen LogP contribution in [0, 0.1) is 28.8 Å². The van der Waals surface area contributed by atoms with Gasteiger partial charge in [-0.25, -0.2) is 23.4 Å². The molecule has 0 unspecified atom stereocenters. The lowest BCUT2D eigenvalue weighted by molar-refractivity contribution is -0.127. The number of hydrogen-bond donors (Lipinski definition) is 2. The van der Waals surface area contributed by atoms with Gasteiger partial charge in [-0.2, -0.15) is 14.8 Å². The minimum atomic E-state index is -1.19. The van der Waals surface area contributed by atoms with Crippen LogP contribution in [0.25, 0.3) is 22.3 Å². The third-order valence-corrected chi connectivity index (χ3v) is 7.41. The maximum Gasteiger partial charge on any atom is 0.264 e. The molecule has 1 aliphatic rings. The normalized spacial score (nSPS) is 15.5. The summed E-state index contributed by atoms with van der Waals surface area (Å²) in [6.45, 7) is 7.08. The number of anilines is 1. The zero-order chi connectivity index (χ0) is 31.6. The van der Waals surface area contributed by atoms with E-state index in [1.54, 1.807) is 15.7 Å². The van der Waals surface area contributed by atoms with Crippen LogP contribution in [0.2, 0.25) is 0 Å². The summed E-state index contributed by atoms with van der Waals surface area (Å²) >= 11 is 0. The number of hydrogen-bond acceptors (Lipinski definition) is 8. The Balaban J connectivity index is 1.46. The maximum absolute atomic E-state index is 15.5. The zero-order valence-corrected chi connectivity index (χ0v) is 24.4. The summed E-state index contributed by atoms with van der Waals surface area (Å²) in [7, 11) is 0. The third-order valence-electron chi connectivity index (χ3n) is 7.41. The summed E-state index contributed by atoms with van der Waals surface area (Å²) in [6, 6.07) is 9.02. The standard InChI is InChI=1S/C31H31F3N8O2/c1-4-39-31(2,3)14-18(15-35)30(43)41-12-6-7-19(41)16-42-29-25(28(36)37-17-38-29)27(40-42)21-11-10-20(13-23(21)33)44-24-9-5-8-22(32)26(24)34/h5,8-11,13-14,17,19,39H,4,6-7,12,16H2,1-3H3,(H2,36,37,38)/b18-14-/t19-/m1/s1. The van der Waals surface area contributed by atoms with Crippen molar-refractivity contribution in [2.24, 2.45) is 0 Å². The van der Waals surface area contributed by atoms with Crippen molar-refractivity contribution >= 4 is 22.8 Å². The van der Waals surface area contributed by atoms with Crippen LogP contribution in [0.15, 0.2) is 54.4 Å². The summed E-state index contributed by atoms with van der Waals surface area (Å²) in [6.07, 6.45) is 4.31. The first-order valence-electron chi connectivity index (χ1n) is 14.1. The van der Waals surface area contributed by atoms with Gasteiger partial charge in [-0.05, 0) is 63.6 Å². The molecule has 13 heteroatoms. The van der Waals surface area contributed by atoms with E-state index in [0.717, 1.165) is 18.6 Å². The van der Waals surface area contributed by atoms with Gasteiger partial charge in [0, 0.05) is 23.7 Å². The monoisotopic (exact) mass is 604 g/mol. The van der Waals surface area contributed by atoms with Gasteiger partial charge in [0.1, 0.15) is 41.0 Å². The molecule has 0 saturated carbocycles. The number of carbonyl (C=O) groups excluding carboxylic acids is 1. The van der Waals surface area contributed by atoms with E-state index in [1.807, 2.05) is 20.8 Å². The summed E-state index contributed by atoms with van der Waals surface area (Å²) in [4.78, 5) is 23.5. The number of benzene rings is 2. The van der Waals surface area contributed by atoms with Gasteiger partial charge in [-0.3, -0.25) is 4.79 Å². The van der Waals surface area contributed by atoms with Crippen molar-refractivity contribution in [3.63, 3.8) is 0 Å². The Labute approximate surface area is 252 Å². The molecule has 0 spiro atoms. The quantitative estimate of drug-likeness (QED) is 0.199. The van der Waals surface area contributed by atoms with Crippen molar-refractivity contribution in [2.45, 2.75) is 51.7 Å². The van der Waals surface area contributed by atoms with Crippen molar-refractivity contribution < 1.29 is 22.7 Å². The molecule has 1 saturated heterocycles. The number of likely N-dealkylation sites (tertiary alicyclic amines) is 1. The van der Waals surface area contributed by atoms with Gasteiger partial charge in [0.2, 0.25) is 5.82 Å². The second kappa shape index (κ2) is 12.3. The fourth-order valence-electron chi connectivity index (χ4n) is 5.44. The topological polar surface area (TPSA) is 135 Å². The number of aromatic nitrogens is 4. The van der Waals surface area contributed by atoms with Crippen LogP contribution >= 0.6 is 0 Å². The molecule has 228 valence electrons. The van der Waals surface area contributed by atoms with E-state index in [4.69, 9.17) is 10.5 Å². The fraction of sp³-hybridized carbons (Fsp3) is 0.323. The molecule has 0 aliphatic carbocycles. The molecule has 1 fully saturated rings. The molecule has 4 aromatic rings. The molecule has 2 aromatic carbocycles. The van der Waals surface area contributed by atoms with Crippen molar-refractivity contribution in [2.75, 3.05) is 18.8 Å². The number of amides is 1. The molecule has 3 heterocycles. The van der Waals surface area contributed by atoms with E-state index in [-0.39, 0.29) is 52.6 Å². The third kappa shape index (κ3) is 6.07. The zero-order valence-electron chi connectivity index (χ0n) is 24.4. The number of rotatable bonds is 9. The molecular formula is C31H31F3N8O2. The Kier molecular flexibility index (Phi) is 8.55. The Morgan fingerprint density at radius 1 is 1.23 bits per heavy atom. The van der Waals surface area contributed by atoms with Crippen molar-refractivity contribution in [3.05, 3.63) is 71.8 Å². The molecule has 10 nitrogen and oxygen atoms in total. The average molecular weight is 605 g/mol. The molecule has 0 radical (unpaired) electrons. The number of nitrogens with zero attached hydrogens (tertiary/aromatic N) is 6. The molecule has 1 amide bonds. The molecule has 1 aliphatic heterocycles. The van der Waals surface area contributed by atoms with Gasteiger partial charge in [-0.15, -0.1) is 0 Å². The second-order valence-electron chi connectivity index (χ2n) is 11.0. The molecular weight excluding hydrogens is 573 g/mol. The Hall–Kier alpha value is -4.96. The molecule has 44 heavy (non-hydrogen) atoms. The molecule has 1 atom stereocenters. The fourth-order valence-corrected chi connectivity index (χ4v) is 5.44. The highest BCUT2D eigenvalue weighted by atomic mass is 19.2. The minimum Gasteiger partial charge on any atom is -0.454 e. The van der Waals surface area contributed by atoms with E-state index >= 15 is 4.39 Å². The van der Waals surface area contributed by atoms with Gasteiger partial charge in [0.15, 0.2) is 17.2 Å². The van der Waals surface area contributed by atoms with Crippen LogP contribution in [0.5, 0.6) is 11.5 Å². The summed E-state index contributed by atoms with van der Waals surface area (Å²) in [5.74, 6) is -3.77. The minimum absolute atomic E-state index is 0.0444. The van der Waals surface area contributed by atoms with Gasteiger partial charge in [0.05, 0.1) is 18.0 Å². The van der Waals surface area contributed by atoms with Gasteiger partial charge in [-0.1, -0.05) is 13.0 Å². The summed E-state index contributed by atoms with van der Waals surface area (Å²) in [5.41, 5.74) is 6.26. The number of fused-ring (bicyclic) bond motifs is 1. The Bertz CT molecular complexity index is 1800. The van der Waals surface area contributed by atoms with Crippen LogP contribution in [0.3, 0.4) is 0 Å². The van der Waals surface area contributed by atoms with Crippen LogP contribution in [0.1, 0.15) is 33.6 Å². The number of nitrogen functional groups attached to an aromatic ring is 1. The van der Waals surface area contributed by atoms with E-state index < -0.39 is 23.0 Å². The van der Waals surface area contributed by atoms with Crippen LogP contribution in [-0.4, -0.2) is 55.2 Å². The van der Waals surface area contributed by atoms with Gasteiger partial charge < -0.3 is 20.7 Å². The number of likely N-dealkylation sites (N-methyl/N-ethyl adjacent to an activating group) is 1. The number of carbonyl (C=O) groups is 1. The Morgan fingerprint density at radius 3 is 2.75 bits per heavy atom. The van der Waals surface area contributed by atoms with Crippen LogP contribution < -0.4 is 15.8 Å². The first kappa shape index (κ1) is 30.5. The molecule has 0 bridgehead atoms.